The van der Waals surface area contributed by atoms with Crippen LogP contribution in [0.25, 0.3) is 0 Å². The minimum Gasteiger partial charge on any atom is -0.478 e. The summed E-state index contributed by atoms with van der Waals surface area (Å²) < 4.78 is 13.3. The number of thioether (sulfide) groups is 1. The van der Waals surface area contributed by atoms with Crippen molar-refractivity contribution >= 4 is 28.6 Å². The van der Waals surface area contributed by atoms with Crippen LogP contribution in [0.3, 0.4) is 0 Å². The van der Waals surface area contributed by atoms with Gasteiger partial charge in [-0.15, -0.1) is 0 Å². The fourth-order valence-corrected chi connectivity index (χ4v) is 1.44. The predicted molar refractivity (Wildman–Crippen MR) is 62.7 cm³/mol. The van der Waals surface area contributed by atoms with Crippen LogP contribution in [-0.2, 0) is 0 Å². The number of carboxylic acids is 1. The van der Waals surface area contributed by atoms with Crippen LogP contribution in [0.1, 0.15) is 10.4 Å². The van der Waals surface area contributed by atoms with Crippen molar-refractivity contribution in [2.75, 3.05) is 6.26 Å². The smallest absolute Gasteiger partial charge is 0.340 e. The van der Waals surface area contributed by atoms with E-state index < -0.39 is 17.3 Å². The molecular formula is C10H8FN3O2S. The lowest BCUT2D eigenvalue weighted by atomic mass is 10.2. The number of halogens is 1. The number of nitrogens with one attached hydrogen (secondary N) is 1. The molecule has 0 bridgehead atoms. The minimum absolute atomic E-state index is 0.0374. The van der Waals surface area contributed by atoms with E-state index in [1.807, 2.05) is 0 Å². The maximum absolute atomic E-state index is 13.3. The van der Waals surface area contributed by atoms with Crippen LogP contribution in [0.5, 0.6) is 0 Å². The molecule has 0 spiro atoms. The number of amidine groups is 1. The highest BCUT2D eigenvalue weighted by Crippen LogP contribution is 2.23. The quantitative estimate of drug-likeness (QED) is 0.364. The largest absolute Gasteiger partial charge is 0.478 e. The van der Waals surface area contributed by atoms with Gasteiger partial charge in [-0.05, 0) is 18.4 Å². The lowest BCUT2D eigenvalue weighted by Gasteiger charge is -2.04. The Morgan fingerprint density at radius 1 is 1.65 bits per heavy atom. The Kier molecular flexibility index (Phi) is 4.48. The molecule has 1 aromatic rings. The number of nitrogens with zero attached hydrogens (tertiary/aromatic N) is 2. The number of benzene rings is 1. The second-order valence-corrected chi connectivity index (χ2v) is 3.59. The molecule has 7 heteroatoms. The van der Waals surface area contributed by atoms with Crippen LogP contribution < -0.4 is 5.32 Å². The van der Waals surface area contributed by atoms with Crippen molar-refractivity contribution in [3.63, 3.8) is 0 Å². The Hall–Kier alpha value is -2.07. The van der Waals surface area contributed by atoms with Crippen molar-refractivity contribution in [2.24, 2.45) is 4.99 Å². The van der Waals surface area contributed by atoms with Crippen molar-refractivity contribution in [3.8, 4) is 6.19 Å². The standard InChI is InChI=1S/C10H8FN3O2S/c1-17-10(13-5-12)14-7-4-2-3-6(11)8(7)9(15)16/h2-4H,1H3,(H,13,14)(H,15,16). The Bertz CT molecular complexity index is 511. The fraction of sp³-hybridized carbons (Fsp3) is 0.100. The molecule has 0 unspecified atom stereocenters. The lowest BCUT2D eigenvalue weighted by molar-refractivity contribution is 0.0693. The van der Waals surface area contributed by atoms with Crippen LogP contribution >= 0.6 is 11.8 Å². The number of nitriles is 1. The number of rotatable bonds is 2. The molecule has 0 aliphatic heterocycles. The van der Waals surface area contributed by atoms with Crippen LogP contribution in [-0.4, -0.2) is 22.5 Å². The fourth-order valence-electron chi connectivity index (χ4n) is 1.10. The highest BCUT2D eigenvalue weighted by molar-refractivity contribution is 8.13. The van der Waals surface area contributed by atoms with E-state index >= 15 is 0 Å². The molecule has 5 nitrogen and oxygen atoms in total. The summed E-state index contributed by atoms with van der Waals surface area (Å²) in [6, 6.07) is 3.76. The normalized spacial score (nSPS) is 10.8. The second kappa shape index (κ2) is 5.86. The average Bonchev–Trinajstić information content (AvgIpc) is 2.28. The van der Waals surface area contributed by atoms with Gasteiger partial charge in [0.05, 0.1) is 5.69 Å². The average molecular weight is 253 g/mol. The first-order valence-electron chi connectivity index (χ1n) is 4.39. The minimum atomic E-state index is -1.40. The summed E-state index contributed by atoms with van der Waals surface area (Å²) in [6.07, 6.45) is 3.32. The molecule has 0 heterocycles. The molecule has 2 N–H and O–H groups in total. The van der Waals surface area contributed by atoms with Gasteiger partial charge in [0.1, 0.15) is 11.4 Å². The molecule has 0 aliphatic rings. The molecule has 0 aromatic heterocycles. The summed E-state index contributed by atoms with van der Waals surface area (Å²) in [5, 5.41) is 19.8. The molecule has 17 heavy (non-hydrogen) atoms. The van der Waals surface area contributed by atoms with Gasteiger partial charge in [0.2, 0.25) is 0 Å². The number of hydrogen-bond acceptors (Lipinski definition) is 4. The maximum atomic E-state index is 13.3. The summed E-state index contributed by atoms with van der Waals surface area (Å²) in [6.45, 7) is 0. The maximum Gasteiger partial charge on any atom is 0.340 e. The van der Waals surface area contributed by atoms with Gasteiger partial charge < -0.3 is 5.11 Å². The molecule has 0 fully saturated rings. The van der Waals surface area contributed by atoms with Gasteiger partial charge in [-0.25, -0.2) is 14.2 Å². The van der Waals surface area contributed by atoms with Gasteiger partial charge in [-0.3, -0.25) is 5.32 Å². The van der Waals surface area contributed by atoms with E-state index in [0.717, 1.165) is 17.8 Å². The van der Waals surface area contributed by atoms with Crippen molar-refractivity contribution in [1.29, 1.82) is 5.26 Å². The summed E-state index contributed by atoms with van der Waals surface area (Å²) in [4.78, 5) is 14.7. The number of carbonyl (C=O) groups is 1. The SMILES string of the molecule is CSC(=Nc1cccc(F)c1C(=O)O)NC#N. The lowest BCUT2D eigenvalue weighted by Crippen LogP contribution is -2.13. The molecule has 0 saturated heterocycles. The van der Waals surface area contributed by atoms with Gasteiger partial charge in [0.15, 0.2) is 11.4 Å². The van der Waals surface area contributed by atoms with Crippen molar-refractivity contribution in [2.45, 2.75) is 0 Å². The molecule has 1 rings (SSSR count). The monoisotopic (exact) mass is 253 g/mol. The summed E-state index contributed by atoms with van der Waals surface area (Å²) >= 11 is 1.12. The van der Waals surface area contributed by atoms with Crippen molar-refractivity contribution in [3.05, 3.63) is 29.6 Å². The van der Waals surface area contributed by atoms with Gasteiger partial charge in [0, 0.05) is 0 Å². The highest BCUT2D eigenvalue weighted by atomic mass is 32.2. The summed E-state index contributed by atoms with van der Waals surface area (Å²) in [5.74, 6) is -2.27. The van der Waals surface area contributed by atoms with E-state index in [9.17, 15) is 9.18 Å². The van der Waals surface area contributed by atoms with Gasteiger partial charge in [-0.1, -0.05) is 17.8 Å². The first kappa shape index (κ1) is 13.0. The van der Waals surface area contributed by atoms with E-state index in [2.05, 4.69) is 10.3 Å². The number of hydrogen-bond donors (Lipinski definition) is 2. The van der Waals surface area contributed by atoms with Crippen LogP contribution in [0.15, 0.2) is 23.2 Å². The van der Waals surface area contributed by atoms with Crippen molar-refractivity contribution in [1.82, 2.24) is 5.32 Å². The van der Waals surface area contributed by atoms with Gasteiger partial charge in [0.25, 0.3) is 0 Å². The molecule has 0 saturated carbocycles. The first-order valence-corrected chi connectivity index (χ1v) is 5.62. The molecule has 88 valence electrons. The van der Waals surface area contributed by atoms with E-state index in [-0.39, 0.29) is 10.9 Å². The topological polar surface area (TPSA) is 85.5 Å². The van der Waals surface area contributed by atoms with Crippen LogP contribution in [0.2, 0.25) is 0 Å². The zero-order valence-corrected chi connectivity index (χ0v) is 9.58. The Balaban J connectivity index is 3.27. The van der Waals surface area contributed by atoms with E-state index in [1.54, 1.807) is 12.4 Å². The number of aliphatic imine (C=N–C) groups is 1. The molecular weight excluding hydrogens is 245 g/mol. The Labute approximate surface area is 101 Å². The first-order chi connectivity index (χ1) is 8.10. The third kappa shape index (κ3) is 3.19. The predicted octanol–water partition coefficient (Wildman–Crippen LogP) is 1.95. The van der Waals surface area contributed by atoms with E-state index in [1.165, 1.54) is 12.1 Å². The summed E-state index contributed by atoms with van der Waals surface area (Å²) in [7, 11) is 0. The van der Waals surface area contributed by atoms with E-state index in [0.29, 0.717) is 0 Å². The van der Waals surface area contributed by atoms with Gasteiger partial charge in [-0.2, -0.15) is 5.26 Å². The molecule has 0 amide bonds. The van der Waals surface area contributed by atoms with Crippen LogP contribution in [0, 0.1) is 17.3 Å². The van der Waals surface area contributed by atoms with Crippen molar-refractivity contribution < 1.29 is 14.3 Å². The molecule has 0 aliphatic carbocycles. The Morgan fingerprint density at radius 3 is 2.88 bits per heavy atom. The zero-order chi connectivity index (χ0) is 12.8. The number of carboxylic acid groups (broad SMARTS) is 1. The van der Waals surface area contributed by atoms with E-state index in [4.69, 9.17) is 10.4 Å². The third-order valence-electron chi connectivity index (χ3n) is 1.78. The summed E-state index contributed by atoms with van der Waals surface area (Å²) in [5.41, 5.74) is -0.552. The third-order valence-corrected chi connectivity index (χ3v) is 2.36. The molecule has 0 radical (unpaired) electrons. The Morgan fingerprint density at radius 2 is 2.35 bits per heavy atom. The molecule has 0 atom stereocenters. The van der Waals surface area contributed by atoms with Crippen LogP contribution in [0.4, 0.5) is 10.1 Å². The van der Waals surface area contributed by atoms with Gasteiger partial charge >= 0.3 is 5.97 Å². The highest BCUT2D eigenvalue weighted by Gasteiger charge is 2.15. The second-order valence-electron chi connectivity index (χ2n) is 2.80. The number of aromatic carboxylic acids is 1. The zero-order valence-electron chi connectivity index (χ0n) is 8.77. The molecule has 1 aromatic carbocycles.